The molecule has 4 heteroatoms. The fourth-order valence-electron chi connectivity index (χ4n) is 1.81. The van der Waals surface area contributed by atoms with Gasteiger partial charge in [0.15, 0.2) is 0 Å². The summed E-state index contributed by atoms with van der Waals surface area (Å²) >= 11 is 1.71. The van der Waals surface area contributed by atoms with Crippen molar-refractivity contribution < 1.29 is 4.52 Å². The molecule has 0 amide bonds. The number of nitrogens with zero attached hydrogens (tertiary/aromatic N) is 1. The third kappa shape index (κ3) is 1.31. The molecular weight excluding hydrogens is 220 g/mol. The molecule has 0 spiro atoms. The van der Waals surface area contributed by atoms with E-state index in [0.717, 1.165) is 10.6 Å². The van der Waals surface area contributed by atoms with Gasteiger partial charge in [0, 0.05) is 10.8 Å². The number of aromatic nitrogens is 1. The van der Waals surface area contributed by atoms with E-state index < -0.39 is 0 Å². The molecule has 0 radical (unpaired) electrons. The Bertz CT molecular complexity index is 654. The van der Waals surface area contributed by atoms with Crippen molar-refractivity contribution in [2.75, 3.05) is 5.73 Å². The van der Waals surface area contributed by atoms with Gasteiger partial charge in [-0.15, -0.1) is 11.3 Å². The highest BCUT2D eigenvalue weighted by Gasteiger charge is 2.12. The average Bonchev–Trinajstić information content (AvgIpc) is 2.84. The molecule has 0 aliphatic heterocycles. The minimum atomic E-state index is 0.354. The lowest BCUT2D eigenvalue weighted by molar-refractivity contribution is 0.439. The Morgan fingerprint density at radius 2 is 2.12 bits per heavy atom. The summed E-state index contributed by atoms with van der Waals surface area (Å²) in [4.78, 5) is 1.13. The molecule has 3 nitrogen and oxygen atoms in total. The molecule has 16 heavy (non-hydrogen) atoms. The van der Waals surface area contributed by atoms with Gasteiger partial charge >= 0.3 is 0 Å². The van der Waals surface area contributed by atoms with Crippen molar-refractivity contribution >= 4 is 27.3 Å². The lowest BCUT2D eigenvalue weighted by Gasteiger charge is -1.91. The lowest BCUT2D eigenvalue weighted by Crippen LogP contribution is -1.76. The van der Waals surface area contributed by atoms with Crippen LogP contribution in [0.5, 0.6) is 0 Å². The largest absolute Gasteiger partial charge is 0.368 e. The molecular formula is C12H10N2OS. The maximum atomic E-state index is 5.54. The fraction of sp³-hybridized carbons (Fsp3) is 0.0833. The van der Waals surface area contributed by atoms with E-state index in [9.17, 15) is 0 Å². The van der Waals surface area contributed by atoms with E-state index >= 15 is 0 Å². The SMILES string of the molecule is Cc1c(-c2cc(N)on2)sc2ccccc12. The van der Waals surface area contributed by atoms with E-state index in [0.29, 0.717) is 5.88 Å². The molecule has 0 fully saturated rings. The van der Waals surface area contributed by atoms with E-state index in [1.54, 1.807) is 17.4 Å². The average molecular weight is 230 g/mol. The Morgan fingerprint density at radius 3 is 2.81 bits per heavy atom. The molecule has 0 unspecified atom stereocenters. The molecule has 0 saturated carbocycles. The number of fused-ring (bicyclic) bond motifs is 1. The van der Waals surface area contributed by atoms with Gasteiger partial charge in [-0.05, 0) is 23.9 Å². The lowest BCUT2D eigenvalue weighted by atomic mass is 10.1. The van der Waals surface area contributed by atoms with Gasteiger partial charge in [-0.25, -0.2) is 0 Å². The van der Waals surface area contributed by atoms with Crippen molar-refractivity contribution in [3.63, 3.8) is 0 Å². The van der Waals surface area contributed by atoms with Crippen molar-refractivity contribution in [2.24, 2.45) is 0 Å². The van der Waals surface area contributed by atoms with E-state index in [2.05, 4.69) is 24.2 Å². The summed E-state index contributed by atoms with van der Waals surface area (Å²) in [6, 6.07) is 10.1. The van der Waals surface area contributed by atoms with E-state index in [1.165, 1.54) is 15.6 Å². The molecule has 80 valence electrons. The van der Waals surface area contributed by atoms with Crippen LogP contribution < -0.4 is 5.73 Å². The maximum Gasteiger partial charge on any atom is 0.222 e. The predicted octanol–water partition coefficient (Wildman–Crippen LogP) is 3.45. The minimum Gasteiger partial charge on any atom is -0.368 e. The zero-order chi connectivity index (χ0) is 11.1. The van der Waals surface area contributed by atoms with Crippen molar-refractivity contribution in [3.8, 4) is 10.6 Å². The predicted molar refractivity (Wildman–Crippen MR) is 66.5 cm³/mol. The standard InChI is InChI=1S/C12H10N2OS/c1-7-8-4-2-3-5-10(8)16-12(7)9-6-11(13)15-14-9/h2-6H,13H2,1H3. The van der Waals surface area contributed by atoms with Gasteiger partial charge in [0.2, 0.25) is 5.88 Å². The molecule has 0 bridgehead atoms. The summed E-state index contributed by atoms with van der Waals surface area (Å²) in [5, 5.41) is 5.22. The normalized spacial score (nSPS) is 11.1. The number of hydrogen-bond donors (Lipinski definition) is 1. The summed E-state index contributed by atoms with van der Waals surface area (Å²) in [5.41, 5.74) is 7.58. The van der Waals surface area contributed by atoms with Gasteiger partial charge < -0.3 is 10.3 Å². The second kappa shape index (κ2) is 3.35. The van der Waals surface area contributed by atoms with Gasteiger partial charge in [-0.2, -0.15) is 0 Å². The summed E-state index contributed by atoms with van der Waals surface area (Å²) in [6.45, 7) is 2.10. The van der Waals surface area contributed by atoms with Crippen LogP contribution in [0.15, 0.2) is 34.9 Å². The zero-order valence-electron chi connectivity index (χ0n) is 8.73. The number of anilines is 1. The Labute approximate surface area is 96.5 Å². The highest BCUT2D eigenvalue weighted by atomic mass is 32.1. The van der Waals surface area contributed by atoms with Crippen molar-refractivity contribution in [1.29, 1.82) is 0 Å². The zero-order valence-corrected chi connectivity index (χ0v) is 9.54. The second-order valence-corrected chi connectivity index (χ2v) is 4.72. The van der Waals surface area contributed by atoms with Crippen LogP contribution in [0.25, 0.3) is 20.7 Å². The highest BCUT2D eigenvalue weighted by molar-refractivity contribution is 7.22. The Kier molecular flexibility index (Phi) is 1.97. The van der Waals surface area contributed by atoms with Crippen molar-refractivity contribution in [3.05, 3.63) is 35.9 Å². The van der Waals surface area contributed by atoms with Crippen molar-refractivity contribution in [2.45, 2.75) is 6.92 Å². The first-order chi connectivity index (χ1) is 7.75. The fourth-order valence-corrected chi connectivity index (χ4v) is 2.98. The van der Waals surface area contributed by atoms with Crippen LogP contribution >= 0.6 is 11.3 Å². The molecule has 1 aromatic carbocycles. The molecule has 0 aliphatic rings. The minimum absolute atomic E-state index is 0.354. The van der Waals surface area contributed by atoms with Crippen LogP contribution in [0.4, 0.5) is 5.88 Å². The molecule has 2 heterocycles. The van der Waals surface area contributed by atoms with Crippen LogP contribution in [0, 0.1) is 6.92 Å². The van der Waals surface area contributed by atoms with Gasteiger partial charge in [0.1, 0.15) is 5.69 Å². The highest BCUT2D eigenvalue weighted by Crippen LogP contribution is 2.37. The van der Waals surface area contributed by atoms with Crippen LogP contribution in [-0.2, 0) is 0 Å². The monoisotopic (exact) mass is 230 g/mol. The van der Waals surface area contributed by atoms with Crippen LogP contribution in [0.2, 0.25) is 0 Å². The smallest absolute Gasteiger partial charge is 0.222 e. The van der Waals surface area contributed by atoms with Gasteiger partial charge in [-0.3, -0.25) is 0 Å². The molecule has 2 aromatic heterocycles. The van der Waals surface area contributed by atoms with E-state index in [-0.39, 0.29) is 0 Å². The topological polar surface area (TPSA) is 52.0 Å². The molecule has 3 rings (SSSR count). The third-order valence-corrected chi connectivity index (χ3v) is 3.90. The Morgan fingerprint density at radius 1 is 1.31 bits per heavy atom. The van der Waals surface area contributed by atoms with Gasteiger partial charge in [0.25, 0.3) is 0 Å². The number of nitrogens with two attached hydrogens (primary N) is 1. The first-order valence-corrected chi connectivity index (χ1v) is 5.78. The Balaban J connectivity index is 2.28. The van der Waals surface area contributed by atoms with Crippen LogP contribution in [0.3, 0.4) is 0 Å². The Hall–Kier alpha value is -1.81. The molecule has 0 saturated heterocycles. The summed E-state index contributed by atoms with van der Waals surface area (Å²) in [6.07, 6.45) is 0. The molecule has 2 N–H and O–H groups in total. The second-order valence-electron chi connectivity index (χ2n) is 3.67. The maximum absolute atomic E-state index is 5.54. The van der Waals surface area contributed by atoms with Gasteiger partial charge in [0.05, 0.1) is 4.88 Å². The number of nitrogen functional groups attached to an aromatic ring is 1. The third-order valence-electron chi connectivity index (χ3n) is 2.60. The number of benzene rings is 1. The first kappa shape index (κ1) is 9.42. The van der Waals surface area contributed by atoms with Crippen LogP contribution in [0.1, 0.15) is 5.56 Å². The van der Waals surface area contributed by atoms with Crippen LogP contribution in [-0.4, -0.2) is 5.16 Å². The number of aryl methyl sites for hydroxylation is 1. The number of hydrogen-bond acceptors (Lipinski definition) is 4. The number of rotatable bonds is 1. The van der Waals surface area contributed by atoms with Crippen molar-refractivity contribution in [1.82, 2.24) is 5.16 Å². The van der Waals surface area contributed by atoms with Gasteiger partial charge in [-0.1, -0.05) is 23.4 Å². The quantitative estimate of drug-likeness (QED) is 0.696. The summed E-state index contributed by atoms with van der Waals surface area (Å²) in [5.74, 6) is 0.354. The van der Waals surface area contributed by atoms with E-state index in [4.69, 9.17) is 10.3 Å². The summed E-state index contributed by atoms with van der Waals surface area (Å²) in [7, 11) is 0. The van der Waals surface area contributed by atoms with E-state index in [1.807, 2.05) is 12.1 Å². The summed E-state index contributed by atoms with van der Waals surface area (Å²) < 4.78 is 6.17. The molecule has 3 aromatic rings. The molecule has 0 atom stereocenters. The first-order valence-electron chi connectivity index (χ1n) is 4.96. The number of thiophene rings is 1. The molecule has 0 aliphatic carbocycles.